The van der Waals surface area contributed by atoms with Crippen LogP contribution in [0.15, 0.2) is 192 Å². The molecule has 0 fully saturated rings. The Bertz CT molecular complexity index is 4850. The number of aromatic nitrogens is 5. The van der Waals surface area contributed by atoms with Crippen LogP contribution in [0.4, 0.5) is 0 Å². The molecule has 85 heavy (non-hydrogen) atoms. The minimum absolute atomic E-state index is 0. The Hall–Kier alpha value is -8.90. The Labute approximate surface area is 511 Å². The molecule has 0 unspecified atom stereocenters. The molecule has 10 aromatic carbocycles. The zero-order chi connectivity index (χ0) is 57.7. The van der Waals surface area contributed by atoms with Crippen molar-refractivity contribution in [3.05, 3.63) is 234 Å². The summed E-state index contributed by atoms with van der Waals surface area (Å²) < 4.78 is 19.1. The van der Waals surface area contributed by atoms with Gasteiger partial charge in [0.15, 0.2) is 0 Å². The largest absolute Gasteiger partial charge is 2.00 e. The first-order valence-corrected chi connectivity index (χ1v) is 29.5. The van der Waals surface area contributed by atoms with E-state index in [-0.39, 0.29) is 44.7 Å². The molecule has 14 rings (SSSR count). The third kappa shape index (κ3) is 9.63. The first-order chi connectivity index (χ1) is 40.8. The molecule has 7 nitrogen and oxygen atoms in total. The van der Waals surface area contributed by atoms with Gasteiger partial charge in [-0.3, -0.25) is 15.0 Å². The fourth-order valence-electron chi connectivity index (χ4n) is 12.8. The molecular formula is C77H65N5O2Pt. The van der Waals surface area contributed by atoms with Crippen LogP contribution in [-0.2, 0) is 21.1 Å². The van der Waals surface area contributed by atoms with Gasteiger partial charge in [-0.05, 0) is 165 Å². The van der Waals surface area contributed by atoms with Gasteiger partial charge in [0, 0.05) is 45.0 Å². The summed E-state index contributed by atoms with van der Waals surface area (Å²) in [4.78, 5) is 16.0. The second-order valence-corrected chi connectivity index (χ2v) is 23.8. The van der Waals surface area contributed by atoms with E-state index in [0.29, 0.717) is 28.5 Å². The molecule has 0 bridgehead atoms. The fourth-order valence-corrected chi connectivity index (χ4v) is 12.8. The molecule has 0 spiro atoms. The van der Waals surface area contributed by atoms with Gasteiger partial charge in [0.2, 0.25) is 0 Å². The van der Waals surface area contributed by atoms with Crippen LogP contribution in [0.1, 0.15) is 113 Å². The van der Waals surface area contributed by atoms with E-state index in [0.717, 1.165) is 94.1 Å². The van der Waals surface area contributed by atoms with Crippen molar-refractivity contribution in [3.8, 4) is 67.9 Å². The zero-order valence-corrected chi connectivity index (χ0v) is 51.8. The maximum atomic E-state index is 7.20. The summed E-state index contributed by atoms with van der Waals surface area (Å²) in [7, 11) is 0. The molecule has 8 heteroatoms. The Balaban J connectivity index is 0.00000672. The number of pyridine rings is 1. The van der Waals surface area contributed by atoms with Gasteiger partial charge in [0.05, 0.1) is 39.3 Å². The summed E-state index contributed by atoms with van der Waals surface area (Å²) >= 11 is 0. The molecule has 0 N–H and O–H groups in total. The van der Waals surface area contributed by atoms with Crippen molar-refractivity contribution in [2.45, 2.75) is 92.9 Å². The molecule has 14 aromatic rings. The van der Waals surface area contributed by atoms with Crippen LogP contribution in [-0.4, -0.2) is 24.1 Å². The molecule has 0 saturated carbocycles. The van der Waals surface area contributed by atoms with Crippen LogP contribution in [0.25, 0.3) is 122 Å². The molecule has 0 aliphatic rings. The van der Waals surface area contributed by atoms with E-state index < -0.39 is 0 Å². The van der Waals surface area contributed by atoms with Gasteiger partial charge in [-0.1, -0.05) is 182 Å². The second-order valence-electron chi connectivity index (χ2n) is 23.8. The Morgan fingerprint density at radius 3 is 1.52 bits per heavy atom. The molecule has 0 aliphatic carbocycles. The molecule has 0 radical (unpaired) electrons. The van der Waals surface area contributed by atoms with Crippen LogP contribution in [0.3, 0.4) is 0 Å². The van der Waals surface area contributed by atoms with Crippen LogP contribution in [0.5, 0.6) is 11.5 Å². The molecule has 0 saturated heterocycles. The molecule has 4 aromatic heterocycles. The average Bonchev–Trinajstić information content (AvgIpc) is 1.84. The van der Waals surface area contributed by atoms with Gasteiger partial charge < -0.3 is 18.3 Å². The SMILES string of the molecule is Cc1cc2ccc3cc4oc5c(-c6nc7ccccc7n6-c6c(C(C)C)cc(-c7ccccc7)cc6C(C)C)[c-]c(Oc6[c-]c(-c7nc8ccccc8n7-c7c(C(C)C)cc(-c8ccccc8)cc7C(C)C)ccc6)cc5c4cc3c2c(C)n1.[Pt+2]. The summed E-state index contributed by atoms with van der Waals surface area (Å²) in [6, 6.07) is 74.5. The van der Waals surface area contributed by atoms with Gasteiger partial charge in [-0.25, -0.2) is 0 Å². The number of fused-ring (bicyclic) bond motifs is 8. The maximum Gasteiger partial charge on any atom is 2.00 e. The van der Waals surface area contributed by atoms with Gasteiger partial charge in [-0.15, -0.1) is 23.8 Å². The average molecular weight is 1290 g/mol. The smallest absolute Gasteiger partial charge is 0.501 e. The zero-order valence-electron chi connectivity index (χ0n) is 49.6. The molecule has 0 aliphatic heterocycles. The molecule has 0 amide bonds. The standard InChI is InChI=1S/C77H65N5O2.Pt/c1-44(2)59-36-55(50-22-13-11-14-23-50)37-60(45(3)4)73(59)81-69-30-19-17-28-67(69)79-76(81)54-26-21-27-57(35-54)83-58-41-65-64-43-63-52(32-33-53-34-48(9)78-49(10)72(53)63)40-71(64)84-75(65)66(42-58)77-80-68-29-18-20-31-70(68)82(77)74-61(46(5)6)38-56(39-62(74)47(7)8)51-24-15-12-16-25-51;/h11-34,36-41,43-47H,1-10H3;/q-2;+2. The number of rotatable bonds is 12. The summed E-state index contributed by atoms with van der Waals surface area (Å²) in [6.45, 7) is 22.5. The quantitative estimate of drug-likeness (QED) is 0.0900. The van der Waals surface area contributed by atoms with Crippen molar-refractivity contribution >= 4 is 65.6 Å². The first-order valence-electron chi connectivity index (χ1n) is 29.5. The van der Waals surface area contributed by atoms with Crippen molar-refractivity contribution in [2.24, 2.45) is 0 Å². The van der Waals surface area contributed by atoms with E-state index in [9.17, 15) is 0 Å². The topological polar surface area (TPSA) is 70.9 Å². The predicted molar refractivity (Wildman–Crippen MR) is 348 cm³/mol. The molecule has 0 atom stereocenters. The summed E-state index contributed by atoms with van der Waals surface area (Å²) in [5.41, 5.74) is 20.7. The van der Waals surface area contributed by atoms with E-state index in [2.05, 4.69) is 266 Å². The monoisotopic (exact) mass is 1290 g/mol. The maximum absolute atomic E-state index is 7.20. The van der Waals surface area contributed by atoms with Crippen molar-refractivity contribution < 1.29 is 30.2 Å². The number of hydrogen-bond acceptors (Lipinski definition) is 5. The van der Waals surface area contributed by atoms with Crippen LogP contribution >= 0.6 is 0 Å². The van der Waals surface area contributed by atoms with Crippen LogP contribution in [0, 0.1) is 26.0 Å². The summed E-state index contributed by atoms with van der Waals surface area (Å²) in [5, 5.41) is 6.30. The van der Waals surface area contributed by atoms with Crippen LogP contribution < -0.4 is 4.74 Å². The number of nitrogens with zero attached hydrogens (tertiary/aromatic N) is 5. The van der Waals surface area contributed by atoms with E-state index in [4.69, 9.17) is 24.1 Å². The molecule has 4 heterocycles. The van der Waals surface area contributed by atoms with E-state index >= 15 is 0 Å². The minimum atomic E-state index is 0. The Morgan fingerprint density at radius 2 is 0.953 bits per heavy atom. The number of para-hydroxylation sites is 4. The van der Waals surface area contributed by atoms with Crippen molar-refractivity contribution in [2.75, 3.05) is 0 Å². The first kappa shape index (κ1) is 55.3. The van der Waals surface area contributed by atoms with Crippen LogP contribution in [0.2, 0.25) is 0 Å². The summed E-state index contributed by atoms with van der Waals surface area (Å²) in [6.07, 6.45) is 0. The number of aryl methyl sites for hydroxylation is 2. The predicted octanol–water partition coefficient (Wildman–Crippen LogP) is 21.1. The normalized spacial score (nSPS) is 12.0. The molecular weight excluding hydrogens is 1220 g/mol. The number of ether oxygens (including phenoxy) is 1. The van der Waals surface area contributed by atoms with Gasteiger partial charge in [-0.2, -0.15) is 0 Å². The Morgan fingerprint density at radius 1 is 0.435 bits per heavy atom. The second kappa shape index (κ2) is 21.9. The third-order valence-corrected chi connectivity index (χ3v) is 16.8. The minimum Gasteiger partial charge on any atom is -0.501 e. The van der Waals surface area contributed by atoms with E-state index in [1.54, 1.807) is 0 Å². The molecule has 420 valence electrons. The van der Waals surface area contributed by atoms with Crippen molar-refractivity contribution in [1.82, 2.24) is 24.1 Å². The fraction of sp³-hybridized carbons (Fsp3) is 0.182. The van der Waals surface area contributed by atoms with Crippen molar-refractivity contribution in [3.63, 3.8) is 0 Å². The van der Waals surface area contributed by atoms with E-state index in [1.807, 2.05) is 12.1 Å². The van der Waals surface area contributed by atoms with Crippen molar-refractivity contribution in [1.29, 1.82) is 0 Å². The van der Waals surface area contributed by atoms with Gasteiger partial charge in [0.1, 0.15) is 5.58 Å². The Kier molecular flexibility index (Phi) is 14.3. The number of benzene rings is 10. The van der Waals surface area contributed by atoms with Gasteiger partial charge >= 0.3 is 21.1 Å². The summed E-state index contributed by atoms with van der Waals surface area (Å²) in [5.74, 6) is 3.28. The van der Waals surface area contributed by atoms with Gasteiger partial charge in [0.25, 0.3) is 0 Å². The third-order valence-electron chi connectivity index (χ3n) is 16.8. The number of hydrogen-bond donors (Lipinski definition) is 0. The van der Waals surface area contributed by atoms with E-state index in [1.165, 1.54) is 44.5 Å². The number of imidazole rings is 2. The number of furan rings is 1.